The average Bonchev–Trinajstić information content (AvgIpc) is 3.19. The number of phenols is 1. The molecule has 1 amide bonds. The lowest BCUT2D eigenvalue weighted by atomic mass is 10.00. The van der Waals surface area contributed by atoms with Gasteiger partial charge in [0.2, 0.25) is 0 Å². The molecule has 0 spiro atoms. The molecule has 6 nitrogen and oxygen atoms in total. The molecule has 1 fully saturated rings. The van der Waals surface area contributed by atoms with Crippen LogP contribution in [0.4, 0.5) is 0 Å². The summed E-state index contributed by atoms with van der Waals surface area (Å²) < 4.78 is 5.01. The van der Waals surface area contributed by atoms with E-state index in [9.17, 15) is 19.8 Å². The smallest absolute Gasteiger partial charge is 0.259 e. The van der Waals surface area contributed by atoms with E-state index in [1.165, 1.54) is 12.1 Å². The fraction of sp³-hybridized carbons (Fsp3) is 0.286. The third kappa shape index (κ3) is 1.99. The second kappa shape index (κ2) is 4.43. The summed E-state index contributed by atoms with van der Waals surface area (Å²) in [6.07, 6.45) is -1.02. The number of ether oxygens (including phenoxy) is 1. The SMILES string of the molecule is Cc1cccc(C(=O)NC2=CC(=O)C3OC3C2O)c1O. The Morgan fingerprint density at radius 2 is 2.15 bits per heavy atom. The number of fused-ring (bicyclic) bond motifs is 1. The van der Waals surface area contributed by atoms with Gasteiger partial charge in [0, 0.05) is 6.08 Å². The van der Waals surface area contributed by atoms with E-state index in [1.54, 1.807) is 19.1 Å². The first-order valence-electron chi connectivity index (χ1n) is 6.18. The monoisotopic (exact) mass is 275 g/mol. The zero-order valence-corrected chi connectivity index (χ0v) is 10.7. The van der Waals surface area contributed by atoms with Gasteiger partial charge < -0.3 is 20.3 Å². The van der Waals surface area contributed by atoms with E-state index in [0.717, 1.165) is 0 Å². The van der Waals surface area contributed by atoms with Crippen LogP contribution in [0.2, 0.25) is 0 Å². The Morgan fingerprint density at radius 1 is 1.40 bits per heavy atom. The van der Waals surface area contributed by atoms with Crippen LogP contribution in [0, 0.1) is 6.92 Å². The van der Waals surface area contributed by atoms with Crippen molar-refractivity contribution in [3.63, 3.8) is 0 Å². The summed E-state index contributed by atoms with van der Waals surface area (Å²) >= 11 is 0. The molecular formula is C14H13NO5. The van der Waals surface area contributed by atoms with Crippen LogP contribution < -0.4 is 5.32 Å². The predicted octanol–water partition coefficient (Wildman–Crippen LogP) is 0.0253. The lowest BCUT2D eigenvalue weighted by Crippen LogP contribution is -2.37. The molecule has 1 aliphatic heterocycles. The van der Waals surface area contributed by atoms with E-state index in [-0.39, 0.29) is 22.8 Å². The Hall–Kier alpha value is -2.18. The Bertz CT molecular complexity index is 636. The van der Waals surface area contributed by atoms with E-state index in [0.29, 0.717) is 5.56 Å². The fourth-order valence-corrected chi connectivity index (χ4v) is 2.24. The molecule has 3 rings (SSSR count). The standard InChI is InChI=1S/C14H13NO5/c1-6-3-2-4-7(10(6)17)14(19)15-8-5-9(16)12-13(20-12)11(8)18/h2-5,11-13,17-18H,1H3,(H,15,19). The van der Waals surface area contributed by atoms with Crippen molar-refractivity contribution in [2.24, 2.45) is 0 Å². The molecule has 2 aliphatic rings. The highest BCUT2D eigenvalue weighted by molar-refractivity contribution is 6.01. The Morgan fingerprint density at radius 3 is 2.90 bits per heavy atom. The topological polar surface area (TPSA) is 99.2 Å². The van der Waals surface area contributed by atoms with E-state index in [2.05, 4.69) is 5.32 Å². The van der Waals surface area contributed by atoms with Crippen LogP contribution in [0.1, 0.15) is 15.9 Å². The quantitative estimate of drug-likeness (QED) is 0.661. The summed E-state index contributed by atoms with van der Waals surface area (Å²) in [7, 11) is 0. The van der Waals surface area contributed by atoms with Crippen LogP contribution in [0.15, 0.2) is 30.0 Å². The number of nitrogens with one attached hydrogen (secondary N) is 1. The van der Waals surface area contributed by atoms with E-state index in [1.807, 2.05) is 0 Å². The molecule has 3 N–H and O–H groups in total. The number of aliphatic hydroxyl groups excluding tert-OH is 1. The summed E-state index contributed by atoms with van der Waals surface area (Å²) in [6.45, 7) is 1.67. The molecule has 1 heterocycles. The van der Waals surface area contributed by atoms with E-state index >= 15 is 0 Å². The van der Waals surface area contributed by atoms with Crippen LogP contribution in [-0.2, 0) is 9.53 Å². The summed E-state index contributed by atoms with van der Waals surface area (Å²) in [5.41, 5.74) is 0.751. The number of hydrogen-bond donors (Lipinski definition) is 3. The fourth-order valence-electron chi connectivity index (χ4n) is 2.24. The number of aliphatic hydroxyl groups is 1. The molecular weight excluding hydrogens is 262 g/mol. The van der Waals surface area contributed by atoms with Crippen molar-refractivity contribution < 1.29 is 24.5 Å². The molecule has 1 saturated heterocycles. The van der Waals surface area contributed by atoms with Crippen molar-refractivity contribution >= 4 is 11.7 Å². The van der Waals surface area contributed by atoms with Gasteiger partial charge in [0.15, 0.2) is 5.78 Å². The molecule has 3 atom stereocenters. The van der Waals surface area contributed by atoms with Gasteiger partial charge in [-0.25, -0.2) is 0 Å². The predicted molar refractivity (Wildman–Crippen MR) is 68.1 cm³/mol. The van der Waals surface area contributed by atoms with Crippen molar-refractivity contribution in [1.82, 2.24) is 5.32 Å². The summed E-state index contributed by atoms with van der Waals surface area (Å²) in [6, 6.07) is 4.78. The first-order valence-corrected chi connectivity index (χ1v) is 6.18. The number of para-hydroxylation sites is 1. The molecule has 0 bridgehead atoms. The molecule has 1 aromatic rings. The number of rotatable bonds is 2. The molecule has 6 heteroatoms. The maximum absolute atomic E-state index is 12.1. The zero-order chi connectivity index (χ0) is 14.4. The molecule has 3 unspecified atom stereocenters. The largest absolute Gasteiger partial charge is 0.507 e. The van der Waals surface area contributed by atoms with E-state index < -0.39 is 24.2 Å². The molecule has 1 aromatic carbocycles. The molecule has 0 aromatic heterocycles. The molecule has 0 saturated carbocycles. The summed E-state index contributed by atoms with van der Waals surface area (Å²) in [5, 5.41) is 22.2. The number of aryl methyl sites for hydroxylation is 1. The number of ketones is 1. The van der Waals surface area contributed by atoms with Crippen LogP contribution >= 0.6 is 0 Å². The maximum atomic E-state index is 12.1. The zero-order valence-electron chi connectivity index (χ0n) is 10.7. The van der Waals surface area contributed by atoms with Gasteiger partial charge in [-0.2, -0.15) is 0 Å². The van der Waals surface area contributed by atoms with Gasteiger partial charge in [-0.05, 0) is 18.6 Å². The number of carbonyl (C=O) groups excluding carboxylic acids is 2. The third-order valence-electron chi connectivity index (χ3n) is 3.47. The number of carbonyl (C=O) groups is 2. The average molecular weight is 275 g/mol. The maximum Gasteiger partial charge on any atom is 0.259 e. The van der Waals surface area contributed by atoms with Crippen LogP contribution in [0.25, 0.3) is 0 Å². The van der Waals surface area contributed by atoms with Gasteiger partial charge in [-0.15, -0.1) is 0 Å². The molecule has 1 aliphatic carbocycles. The Balaban J connectivity index is 1.82. The minimum Gasteiger partial charge on any atom is -0.507 e. The van der Waals surface area contributed by atoms with Crippen molar-refractivity contribution in [1.29, 1.82) is 0 Å². The Labute approximate surface area is 114 Å². The number of hydrogen-bond acceptors (Lipinski definition) is 5. The first kappa shape index (κ1) is 12.8. The van der Waals surface area contributed by atoms with Crippen LogP contribution in [0.5, 0.6) is 5.75 Å². The molecule has 20 heavy (non-hydrogen) atoms. The summed E-state index contributed by atoms with van der Waals surface area (Å²) in [5.74, 6) is -0.977. The van der Waals surface area contributed by atoms with Gasteiger partial charge in [-0.1, -0.05) is 12.1 Å². The minimum atomic E-state index is -1.03. The van der Waals surface area contributed by atoms with Gasteiger partial charge in [-0.3, -0.25) is 9.59 Å². The van der Waals surface area contributed by atoms with Gasteiger partial charge >= 0.3 is 0 Å². The van der Waals surface area contributed by atoms with Crippen molar-refractivity contribution in [3.05, 3.63) is 41.1 Å². The molecule has 104 valence electrons. The number of phenolic OH excluding ortho intramolecular Hbond substituents is 1. The van der Waals surface area contributed by atoms with Crippen molar-refractivity contribution in [3.8, 4) is 5.75 Å². The highest BCUT2D eigenvalue weighted by Crippen LogP contribution is 2.33. The third-order valence-corrected chi connectivity index (χ3v) is 3.47. The van der Waals surface area contributed by atoms with Gasteiger partial charge in [0.05, 0.1) is 11.3 Å². The lowest BCUT2D eigenvalue weighted by molar-refractivity contribution is -0.116. The number of aromatic hydroxyl groups is 1. The van der Waals surface area contributed by atoms with E-state index in [4.69, 9.17) is 4.74 Å². The number of epoxide rings is 1. The van der Waals surface area contributed by atoms with Crippen LogP contribution in [0.3, 0.4) is 0 Å². The first-order chi connectivity index (χ1) is 9.49. The minimum absolute atomic E-state index is 0.0874. The summed E-state index contributed by atoms with van der Waals surface area (Å²) in [4.78, 5) is 23.6. The van der Waals surface area contributed by atoms with Gasteiger partial charge in [0.1, 0.15) is 24.1 Å². The van der Waals surface area contributed by atoms with Crippen molar-refractivity contribution in [2.45, 2.75) is 25.2 Å². The number of amides is 1. The van der Waals surface area contributed by atoms with Crippen LogP contribution in [-0.4, -0.2) is 40.2 Å². The highest BCUT2D eigenvalue weighted by Gasteiger charge is 2.53. The highest BCUT2D eigenvalue weighted by atomic mass is 16.6. The van der Waals surface area contributed by atoms with Crippen molar-refractivity contribution in [2.75, 3.05) is 0 Å². The number of benzene rings is 1. The normalized spacial score (nSPS) is 27.6. The second-order valence-corrected chi connectivity index (χ2v) is 4.89. The second-order valence-electron chi connectivity index (χ2n) is 4.89. The molecule has 0 radical (unpaired) electrons. The lowest BCUT2D eigenvalue weighted by Gasteiger charge is -2.17. The Kier molecular flexibility index (Phi) is 2.84. The van der Waals surface area contributed by atoms with Gasteiger partial charge in [0.25, 0.3) is 5.91 Å².